The zero-order valence-electron chi connectivity index (χ0n) is 12.6. The molecule has 1 aromatic heterocycles. The van der Waals surface area contributed by atoms with Crippen molar-refractivity contribution in [3.05, 3.63) is 45.6 Å². The average Bonchev–Trinajstić information content (AvgIpc) is 2.93. The zero-order chi connectivity index (χ0) is 16.3. The van der Waals surface area contributed by atoms with Crippen molar-refractivity contribution < 1.29 is 15.0 Å². The molecule has 0 saturated heterocycles. The summed E-state index contributed by atoms with van der Waals surface area (Å²) in [7, 11) is 0. The number of nitrogens with one attached hydrogen (secondary N) is 1. The van der Waals surface area contributed by atoms with E-state index < -0.39 is 0 Å². The summed E-state index contributed by atoms with van der Waals surface area (Å²) in [6.45, 7) is 5.83. The number of benzene rings is 1. The fourth-order valence-electron chi connectivity index (χ4n) is 1.84. The fraction of sp³-hybridized carbons (Fsp3) is 0.250. The van der Waals surface area contributed by atoms with Gasteiger partial charge in [0.05, 0.1) is 11.3 Å². The van der Waals surface area contributed by atoms with Crippen LogP contribution < -0.4 is 5.43 Å². The van der Waals surface area contributed by atoms with Gasteiger partial charge < -0.3 is 10.2 Å². The number of rotatable bonds is 4. The fourth-order valence-corrected chi connectivity index (χ4v) is 2.75. The summed E-state index contributed by atoms with van der Waals surface area (Å²) < 4.78 is 0. The van der Waals surface area contributed by atoms with Crippen molar-refractivity contribution in [3.8, 4) is 11.5 Å². The minimum atomic E-state index is -0.285. The van der Waals surface area contributed by atoms with Crippen molar-refractivity contribution >= 4 is 23.0 Å². The Morgan fingerprint density at radius 1 is 1.14 bits per heavy atom. The molecular weight excluding hydrogens is 300 g/mol. The van der Waals surface area contributed by atoms with Crippen LogP contribution in [0.1, 0.15) is 47.5 Å². The van der Waals surface area contributed by atoms with Crippen LogP contribution in [0.3, 0.4) is 0 Å². The maximum atomic E-state index is 12.0. The van der Waals surface area contributed by atoms with Crippen molar-refractivity contribution in [2.45, 2.75) is 26.7 Å². The monoisotopic (exact) mass is 318 g/mol. The molecule has 0 bridgehead atoms. The lowest BCUT2D eigenvalue weighted by atomic mass is 10.1. The molecule has 3 N–H and O–H groups in total. The van der Waals surface area contributed by atoms with E-state index in [-0.39, 0.29) is 17.4 Å². The van der Waals surface area contributed by atoms with E-state index in [4.69, 9.17) is 0 Å². The first kappa shape index (κ1) is 16.0. The second-order valence-corrected chi connectivity index (χ2v) is 6.21. The van der Waals surface area contributed by atoms with Gasteiger partial charge >= 0.3 is 0 Å². The summed E-state index contributed by atoms with van der Waals surface area (Å²) >= 11 is 1.55. The van der Waals surface area contributed by atoms with Crippen LogP contribution in [0.25, 0.3) is 0 Å². The number of nitrogens with zero attached hydrogens (tertiary/aromatic N) is 1. The van der Waals surface area contributed by atoms with E-state index in [0.717, 1.165) is 4.88 Å². The van der Waals surface area contributed by atoms with E-state index in [1.807, 2.05) is 6.07 Å². The van der Waals surface area contributed by atoms with Gasteiger partial charge in [-0.1, -0.05) is 13.8 Å². The third-order valence-electron chi connectivity index (χ3n) is 3.10. The van der Waals surface area contributed by atoms with E-state index in [1.165, 1.54) is 18.2 Å². The van der Waals surface area contributed by atoms with Crippen molar-refractivity contribution in [1.82, 2.24) is 5.43 Å². The number of thiophene rings is 1. The maximum absolute atomic E-state index is 12.0. The highest BCUT2D eigenvalue weighted by molar-refractivity contribution is 7.10. The van der Waals surface area contributed by atoms with Gasteiger partial charge in [0, 0.05) is 21.9 Å². The summed E-state index contributed by atoms with van der Waals surface area (Å²) in [6.07, 6.45) is 0. The van der Waals surface area contributed by atoms with Crippen molar-refractivity contribution in [1.29, 1.82) is 0 Å². The minimum Gasteiger partial charge on any atom is -0.508 e. The molecule has 2 aromatic rings. The number of aromatic hydroxyl groups is 2. The van der Waals surface area contributed by atoms with Gasteiger partial charge in [-0.2, -0.15) is 5.10 Å². The number of phenols is 2. The topological polar surface area (TPSA) is 81.9 Å². The van der Waals surface area contributed by atoms with Gasteiger partial charge in [0.25, 0.3) is 5.91 Å². The molecule has 0 aliphatic carbocycles. The molecule has 1 heterocycles. The Bertz CT molecular complexity index is 700. The van der Waals surface area contributed by atoms with Crippen LogP contribution in [0.15, 0.2) is 34.7 Å². The smallest absolute Gasteiger partial charge is 0.272 e. The second kappa shape index (κ2) is 6.62. The predicted molar refractivity (Wildman–Crippen MR) is 87.9 cm³/mol. The van der Waals surface area contributed by atoms with E-state index in [2.05, 4.69) is 24.4 Å². The highest BCUT2D eigenvalue weighted by Gasteiger charge is 2.10. The molecule has 0 unspecified atom stereocenters. The SMILES string of the molecule is CC(=NNC(=O)c1csc(C(C)C)c1)c1cc(O)cc(O)c1. The first-order valence-corrected chi connectivity index (χ1v) is 7.71. The lowest BCUT2D eigenvalue weighted by Gasteiger charge is -2.04. The third-order valence-corrected chi connectivity index (χ3v) is 4.33. The normalized spacial score (nSPS) is 11.7. The summed E-state index contributed by atoms with van der Waals surface area (Å²) in [5.41, 5.74) is 4.07. The molecule has 1 aromatic carbocycles. The first-order valence-electron chi connectivity index (χ1n) is 6.83. The lowest BCUT2D eigenvalue weighted by molar-refractivity contribution is 0.0955. The predicted octanol–water partition coefficient (Wildman–Crippen LogP) is 3.44. The molecule has 2 rings (SSSR count). The summed E-state index contributed by atoms with van der Waals surface area (Å²) in [5, 5.41) is 24.7. The molecule has 0 radical (unpaired) electrons. The molecular formula is C16H18N2O3S. The number of hydrogen-bond donors (Lipinski definition) is 3. The Morgan fingerprint density at radius 3 is 2.32 bits per heavy atom. The van der Waals surface area contributed by atoms with Gasteiger partial charge in [-0.3, -0.25) is 4.79 Å². The lowest BCUT2D eigenvalue weighted by Crippen LogP contribution is -2.18. The Morgan fingerprint density at radius 2 is 1.77 bits per heavy atom. The molecule has 5 nitrogen and oxygen atoms in total. The zero-order valence-corrected chi connectivity index (χ0v) is 13.4. The molecule has 0 aliphatic heterocycles. The van der Waals surface area contributed by atoms with Crippen molar-refractivity contribution in [2.24, 2.45) is 5.10 Å². The largest absolute Gasteiger partial charge is 0.508 e. The van der Waals surface area contributed by atoms with Gasteiger partial charge in [-0.25, -0.2) is 5.43 Å². The number of carbonyl (C=O) groups excluding carboxylic acids is 1. The molecule has 0 atom stereocenters. The summed E-state index contributed by atoms with van der Waals surface area (Å²) in [6, 6.07) is 6.02. The molecule has 0 spiro atoms. The molecule has 22 heavy (non-hydrogen) atoms. The van der Waals surface area contributed by atoms with Crippen molar-refractivity contribution in [3.63, 3.8) is 0 Å². The summed E-state index contributed by atoms with van der Waals surface area (Å²) in [5.74, 6) is -0.0236. The highest BCUT2D eigenvalue weighted by atomic mass is 32.1. The van der Waals surface area contributed by atoms with E-state index in [0.29, 0.717) is 22.8 Å². The van der Waals surface area contributed by atoms with Crippen LogP contribution in [-0.2, 0) is 0 Å². The first-order chi connectivity index (χ1) is 10.4. The number of carbonyl (C=O) groups is 1. The molecule has 0 aliphatic rings. The van der Waals surface area contributed by atoms with Gasteiger partial charge in [-0.15, -0.1) is 11.3 Å². The standard InChI is InChI=1S/C16H18N2O3S/c1-9(2)15-6-12(8-22-15)16(21)18-17-10(3)11-4-13(19)7-14(20)5-11/h4-9,19-20H,1-3H3,(H,18,21). The Kier molecular flexibility index (Phi) is 4.82. The molecule has 0 fully saturated rings. The minimum absolute atomic E-state index is 0.0599. The Hall–Kier alpha value is -2.34. The Labute approximate surface area is 132 Å². The Balaban J connectivity index is 2.10. The highest BCUT2D eigenvalue weighted by Crippen LogP contribution is 2.23. The van der Waals surface area contributed by atoms with Crippen LogP contribution in [0, 0.1) is 0 Å². The second-order valence-electron chi connectivity index (χ2n) is 5.27. The van der Waals surface area contributed by atoms with Crippen LogP contribution in [0.5, 0.6) is 11.5 Å². The van der Waals surface area contributed by atoms with Crippen LogP contribution >= 0.6 is 11.3 Å². The van der Waals surface area contributed by atoms with E-state index >= 15 is 0 Å². The van der Waals surface area contributed by atoms with Gasteiger partial charge in [-0.05, 0) is 31.0 Å². The van der Waals surface area contributed by atoms with E-state index in [9.17, 15) is 15.0 Å². The maximum Gasteiger partial charge on any atom is 0.272 e. The van der Waals surface area contributed by atoms with Gasteiger partial charge in [0.15, 0.2) is 0 Å². The number of phenolic OH excluding ortho intramolecular Hbond substituents is 2. The molecule has 6 heteroatoms. The third kappa shape index (κ3) is 3.85. The van der Waals surface area contributed by atoms with Gasteiger partial charge in [0.2, 0.25) is 0 Å². The van der Waals surface area contributed by atoms with Crippen LogP contribution in [0.4, 0.5) is 0 Å². The number of hydrazone groups is 1. The molecule has 116 valence electrons. The molecule has 0 saturated carbocycles. The van der Waals surface area contributed by atoms with Crippen molar-refractivity contribution in [2.75, 3.05) is 0 Å². The number of hydrogen-bond acceptors (Lipinski definition) is 5. The average molecular weight is 318 g/mol. The number of amides is 1. The van der Waals surface area contributed by atoms with E-state index in [1.54, 1.807) is 23.6 Å². The van der Waals surface area contributed by atoms with Gasteiger partial charge in [0.1, 0.15) is 11.5 Å². The quantitative estimate of drug-likeness (QED) is 0.596. The van der Waals surface area contributed by atoms with Crippen LogP contribution in [-0.4, -0.2) is 21.8 Å². The molecule has 1 amide bonds. The summed E-state index contributed by atoms with van der Waals surface area (Å²) in [4.78, 5) is 13.2. The van der Waals surface area contributed by atoms with Crippen LogP contribution in [0.2, 0.25) is 0 Å².